The predicted molar refractivity (Wildman–Crippen MR) is 95.5 cm³/mol. The van der Waals surface area contributed by atoms with Crippen molar-refractivity contribution in [3.05, 3.63) is 52.5 Å². The molecular formula is C18H20BrNO3. The monoisotopic (exact) mass is 377 g/mol. The van der Waals surface area contributed by atoms with E-state index >= 15 is 0 Å². The molecule has 0 fully saturated rings. The maximum absolute atomic E-state index is 12.4. The number of ether oxygens (including phenoxy) is 2. The molecule has 0 aliphatic rings. The van der Waals surface area contributed by atoms with Crippen LogP contribution in [0.3, 0.4) is 0 Å². The van der Waals surface area contributed by atoms with E-state index in [1.165, 1.54) is 0 Å². The molecule has 0 heterocycles. The average Bonchev–Trinajstić information content (AvgIpc) is 2.51. The summed E-state index contributed by atoms with van der Waals surface area (Å²) in [5.41, 5.74) is 1.19. The predicted octanol–water partition coefficient (Wildman–Crippen LogP) is 4.89. The summed E-state index contributed by atoms with van der Waals surface area (Å²) >= 11 is 3.44. The molecule has 0 aliphatic heterocycles. The Morgan fingerprint density at radius 3 is 2.57 bits per heavy atom. The molecule has 0 saturated heterocycles. The minimum Gasteiger partial charge on any atom is -0.492 e. The van der Waals surface area contributed by atoms with Crippen molar-refractivity contribution in [2.45, 2.75) is 26.9 Å². The average molecular weight is 378 g/mol. The van der Waals surface area contributed by atoms with E-state index in [1.54, 1.807) is 18.2 Å². The highest BCUT2D eigenvalue weighted by molar-refractivity contribution is 9.10. The molecular weight excluding hydrogens is 358 g/mol. The Hall–Kier alpha value is -2.01. The summed E-state index contributed by atoms with van der Waals surface area (Å²) in [4.78, 5) is 12.4. The number of para-hydroxylation sites is 2. The van der Waals surface area contributed by atoms with Crippen LogP contribution in [0.2, 0.25) is 0 Å². The summed E-state index contributed by atoms with van der Waals surface area (Å²) in [7, 11) is 0. The number of halogens is 1. The van der Waals surface area contributed by atoms with Gasteiger partial charge in [-0.3, -0.25) is 4.79 Å². The van der Waals surface area contributed by atoms with Crippen LogP contribution in [0.5, 0.6) is 11.5 Å². The smallest absolute Gasteiger partial charge is 0.255 e. The van der Waals surface area contributed by atoms with Crippen molar-refractivity contribution < 1.29 is 14.3 Å². The highest BCUT2D eigenvalue weighted by Gasteiger charge is 2.12. The lowest BCUT2D eigenvalue weighted by molar-refractivity contribution is 0.102. The van der Waals surface area contributed by atoms with E-state index in [-0.39, 0.29) is 12.0 Å². The minimum absolute atomic E-state index is 0.0732. The van der Waals surface area contributed by atoms with Gasteiger partial charge in [0, 0.05) is 5.56 Å². The third-order valence-electron chi connectivity index (χ3n) is 2.99. The topological polar surface area (TPSA) is 47.6 Å². The van der Waals surface area contributed by atoms with E-state index in [1.807, 2.05) is 45.0 Å². The van der Waals surface area contributed by atoms with E-state index in [0.717, 1.165) is 4.47 Å². The standard InChI is InChI=1S/C18H20BrNO3/c1-4-22-17-8-6-5-7-15(17)20-18(21)13-9-10-16(14(19)11-13)23-12(2)3/h5-12H,4H2,1-3H3,(H,20,21). The fourth-order valence-corrected chi connectivity index (χ4v) is 2.51. The van der Waals surface area contributed by atoms with Gasteiger partial charge in [0.2, 0.25) is 0 Å². The van der Waals surface area contributed by atoms with Gasteiger partial charge in [-0.2, -0.15) is 0 Å². The number of carbonyl (C=O) groups excluding carboxylic acids is 1. The Bertz CT molecular complexity index is 686. The molecule has 4 nitrogen and oxygen atoms in total. The molecule has 0 spiro atoms. The van der Waals surface area contributed by atoms with Gasteiger partial charge in [0.25, 0.3) is 5.91 Å². The normalized spacial score (nSPS) is 10.5. The minimum atomic E-state index is -0.200. The zero-order valence-electron chi connectivity index (χ0n) is 13.4. The number of nitrogens with one attached hydrogen (secondary N) is 1. The molecule has 2 rings (SSSR count). The van der Waals surface area contributed by atoms with E-state index in [0.29, 0.717) is 29.4 Å². The van der Waals surface area contributed by atoms with Crippen molar-refractivity contribution in [2.24, 2.45) is 0 Å². The third kappa shape index (κ3) is 4.73. The Balaban J connectivity index is 2.17. The van der Waals surface area contributed by atoms with Crippen molar-refractivity contribution >= 4 is 27.5 Å². The molecule has 23 heavy (non-hydrogen) atoms. The Morgan fingerprint density at radius 2 is 1.91 bits per heavy atom. The molecule has 5 heteroatoms. The number of hydrogen-bond donors (Lipinski definition) is 1. The number of amides is 1. The molecule has 0 aromatic heterocycles. The molecule has 2 aromatic rings. The molecule has 0 bridgehead atoms. The van der Waals surface area contributed by atoms with Crippen molar-refractivity contribution in [1.29, 1.82) is 0 Å². The molecule has 2 aromatic carbocycles. The van der Waals surface area contributed by atoms with Crippen LogP contribution in [-0.4, -0.2) is 18.6 Å². The lowest BCUT2D eigenvalue weighted by Gasteiger charge is -2.13. The second-order valence-electron chi connectivity index (χ2n) is 5.20. The van der Waals surface area contributed by atoms with Gasteiger partial charge in [0.15, 0.2) is 0 Å². The summed E-state index contributed by atoms with van der Waals surface area (Å²) in [5.74, 6) is 1.17. The number of hydrogen-bond acceptors (Lipinski definition) is 3. The highest BCUT2D eigenvalue weighted by atomic mass is 79.9. The zero-order chi connectivity index (χ0) is 16.8. The van der Waals surface area contributed by atoms with Gasteiger partial charge in [-0.25, -0.2) is 0 Å². The van der Waals surface area contributed by atoms with E-state index in [4.69, 9.17) is 9.47 Å². The third-order valence-corrected chi connectivity index (χ3v) is 3.61. The van der Waals surface area contributed by atoms with Crippen molar-refractivity contribution in [2.75, 3.05) is 11.9 Å². The molecule has 0 atom stereocenters. The van der Waals surface area contributed by atoms with E-state index in [9.17, 15) is 4.79 Å². The van der Waals surface area contributed by atoms with Crippen LogP contribution in [0.1, 0.15) is 31.1 Å². The maximum Gasteiger partial charge on any atom is 0.255 e. The molecule has 0 radical (unpaired) electrons. The molecule has 0 saturated carbocycles. The maximum atomic E-state index is 12.4. The van der Waals surface area contributed by atoms with E-state index in [2.05, 4.69) is 21.2 Å². The van der Waals surface area contributed by atoms with Gasteiger partial charge >= 0.3 is 0 Å². The fourth-order valence-electron chi connectivity index (χ4n) is 2.04. The van der Waals surface area contributed by atoms with Gasteiger partial charge in [-0.05, 0) is 67.0 Å². The summed E-state index contributed by atoms with van der Waals surface area (Å²) < 4.78 is 11.9. The summed E-state index contributed by atoms with van der Waals surface area (Å²) in [6, 6.07) is 12.6. The van der Waals surface area contributed by atoms with Crippen LogP contribution < -0.4 is 14.8 Å². The first kappa shape index (κ1) is 17.3. The lowest BCUT2D eigenvalue weighted by Crippen LogP contribution is -2.13. The quantitative estimate of drug-likeness (QED) is 0.779. The van der Waals surface area contributed by atoms with E-state index < -0.39 is 0 Å². The first-order valence-electron chi connectivity index (χ1n) is 7.50. The summed E-state index contributed by atoms with van der Waals surface area (Å²) in [6.45, 7) is 6.36. The number of anilines is 1. The number of carbonyl (C=O) groups is 1. The molecule has 0 unspecified atom stereocenters. The van der Waals surface area contributed by atoms with Crippen LogP contribution in [-0.2, 0) is 0 Å². The van der Waals surface area contributed by atoms with Crippen LogP contribution in [0.4, 0.5) is 5.69 Å². The summed E-state index contributed by atoms with van der Waals surface area (Å²) in [6.07, 6.45) is 0.0732. The fraction of sp³-hybridized carbons (Fsp3) is 0.278. The van der Waals surface area contributed by atoms with Crippen molar-refractivity contribution in [1.82, 2.24) is 0 Å². The highest BCUT2D eigenvalue weighted by Crippen LogP contribution is 2.28. The van der Waals surface area contributed by atoms with Gasteiger partial charge in [0.05, 0.1) is 22.9 Å². The van der Waals surface area contributed by atoms with Crippen molar-refractivity contribution in [3.63, 3.8) is 0 Å². The Morgan fingerprint density at radius 1 is 1.17 bits per heavy atom. The number of rotatable bonds is 6. The largest absolute Gasteiger partial charge is 0.492 e. The first-order valence-corrected chi connectivity index (χ1v) is 8.30. The van der Waals surface area contributed by atoms with Crippen LogP contribution in [0.15, 0.2) is 46.9 Å². The number of benzene rings is 2. The van der Waals surface area contributed by atoms with Gasteiger partial charge in [0.1, 0.15) is 11.5 Å². The molecule has 0 aliphatic carbocycles. The van der Waals surface area contributed by atoms with Crippen LogP contribution >= 0.6 is 15.9 Å². The van der Waals surface area contributed by atoms with Gasteiger partial charge in [-0.1, -0.05) is 12.1 Å². The lowest BCUT2D eigenvalue weighted by atomic mass is 10.2. The summed E-state index contributed by atoms with van der Waals surface area (Å²) in [5, 5.41) is 2.87. The van der Waals surface area contributed by atoms with Crippen LogP contribution in [0.25, 0.3) is 0 Å². The molecule has 1 N–H and O–H groups in total. The Labute approximate surface area is 144 Å². The first-order chi connectivity index (χ1) is 11.0. The second-order valence-corrected chi connectivity index (χ2v) is 6.05. The van der Waals surface area contributed by atoms with Gasteiger partial charge in [-0.15, -0.1) is 0 Å². The zero-order valence-corrected chi connectivity index (χ0v) is 15.0. The molecule has 1 amide bonds. The van der Waals surface area contributed by atoms with Gasteiger partial charge < -0.3 is 14.8 Å². The SMILES string of the molecule is CCOc1ccccc1NC(=O)c1ccc(OC(C)C)c(Br)c1. The Kier molecular flexibility index (Phi) is 6.04. The van der Waals surface area contributed by atoms with Crippen LogP contribution in [0, 0.1) is 0 Å². The molecule has 122 valence electrons. The second kappa shape index (κ2) is 8.02. The van der Waals surface area contributed by atoms with Crippen molar-refractivity contribution in [3.8, 4) is 11.5 Å².